The highest BCUT2D eigenvalue weighted by Gasteiger charge is 2.28. The highest BCUT2D eigenvalue weighted by Crippen LogP contribution is 2.19. The summed E-state index contributed by atoms with van der Waals surface area (Å²) in [6.45, 7) is 5.08. The smallest absolute Gasteiger partial charge is 0.317 e. The first-order valence-electron chi connectivity index (χ1n) is 10.0. The highest BCUT2D eigenvalue weighted by atomic mass is 16.2. The van der Waals surface area contributed by atoms with Gasteiger partial charge in [-0.15, -0.1) is 0 Å². The van der Waals surface area contributed by atoms with Gasteiger partial charge in [-0.1, -0.05) is 0 Å². The number of amides is 3. The van der Waals surface area contributed by atoms with Gasteiger partial charge in [-0.3, -0.25) is 14.7 Å². The molecule has 1 unspecified atom stereocenters. The van der Waals surface area contributed by atoms with E-state index in [9.17, 15) is 9.59 Å². The van der Waals surface area contributed by atoms with Crippen LogP contribution in [0.3, 0.4) is 0 Å². The molecule has 2 saturated heterocycles. The Labute approximate surface area is 161 Å². The van der Waals surface area contributed by atoms with E-state index < -0.39 is 0 Å². The molecule has 3 heterocycles. The third-order valence-corrected chi connectivity index (χ3v) is 5.73. The first kappa shape index (κ1) is 19.6. The van der Waals surface area contributed by atoms with Crippen LogP contribution in [-0.2, 0) is 11.3 Å². The number of nitrogens with one attached hydrogen (secondary N) is 2. The van der Waals surface area contributed by atoms with Crippen molar-refractivity contribution in [1.29, 1.82) is 0 Å². The molecule has 0 aromatic carbocycles. The zero-order valence-electron chi connectivity index (χ0n) is 16.2. The van der Waals surface area contributed by atoms with E-state index in [0.29, 0.717) is 12.5 Å². The molecule has 1 atom stereocenters. The fraction of sp³-hybridized carbons (Fsp3) is 0.650. The maximum absolute atomic E-state index is 12.5. The molecule has 2 aliphatic rings. The molecule has 2 aliphatic heterocycles. The Kier molecular flexibility index (Phi) is 7.04. The number of rotatable bonds is 5. The van der Waals surface area contributed by atoms with Crippen LogP contribution >= 0.6 is 0 Å². The van der Waals surface area contributed by atoms with Crippen LogP contribution in [0.25, 0.3) is 0 Å². The molecule has 0 spiro atoms. The van der Waals surface area contributed by atoms with Gasteiger partial charge in [0.1, 0.15) is 0 Å². The molecule has 0 bridgehead atoms. The van der Waals surface area contributed by atoms with Crippen LogP contribution < -0.4 is 10.6 Å². The van der Waals surface area contributed by atoms with Crippen LogP contribution in [0.15, 0.2) is 24.5 Å². The van der Waals surface area contributed by atoms with Crippen molar-refractivity contribution in [2.24, 2.45) is 11.8 Å². The van der Waals surface area contributed by atoms with Crippen LogP contribution in [-0.4, -0.2) is 66.5 Å². The van der Waals surface area contributed by atoms with E-state index in [1.54, 1.807) is 11.9 Å². The van der Waals surface area contributed by atoms with Gasteiger partial charge in [0, 0.05) is 45.6 Å². The van der Waals surface area contributed by atoms with E-state index in [1.807, 2.05) is 12.4 Å². The Morgan fingerprint density at radius 2 is 1.89 bits per heavy atom. The van der Waals surface area contributed by atoms with Crippen molar-refractivity contribution in [1.82, 2.24) is 25.4 Å². The summed E-state index contributed by atoms with van der Waals surface area (Å²) in [6, 6.07) is 4.11. The molecular formula is C20H31N5O2. The first-order chi connectivity index (χ1) is 13.2. The van der Waals surface area contributed by atoms with Crippen molar-refractivity contribution in [3.8, 4) is 0 Å². The molecule has 0 radical (unpaired) electrons. The number of aromatic nitrogens is 1. The lowest BCUT2D eigenvalue weighted by atomic mass is 9.96. The molecule has 2 N–H and O–H groups in total. The van der Waals surface area contributed by atoms with Gasteiger partial charge in [0.2, 0.25) is 5.91 Å². The molecule has 1 aromatic rings. The predicted molar refractivity (Wildman–Crippen MR) is 104 cm³/mol. The van der Waals surface area contributed by atoms with E-state index in [2.05, 4.69) is 32.7 Å². The standard InChI is InChI=1S/C20H31N5O2/c1-21-19(26)18-3-2-10-25(15-18)20(27)23-13-16-6-11-24(12-7-16)14-17-4-8-22-9-5-17/h4-5,8-9,16,18H,2-3,6-7,10-15H2,1H3,(H,21,26)(H,23,27). The fourth-order valence-electron chi connectivity index (χ4n) is 4.02. The minimum Gasteiger partial charge on any atom is -0.359 e. The molecule has 148 valence electrons. The second-order valence-electron chi connectivity index (χ2n) is 7.66. The highest BCUT2D eigenvalue weighted by molar-refractivity contribution is 5.80. The van der Waals surface area contributed by atoms with Crippen LogP contribution in [0.5, 0.6) is 0 Å². The summed E-state index contributed by atoms with van der Waals surface area (Å²) >= 11 is 0. The minimum atomic E-state index is -0.0778. The number of urea groups is 1. The van der Waals surface area contributed by atoms with Gasteiger partial charge in [0.25, 0.3) is 0 Å². The second-order valence-corrected chi connectivity index (χ2v) is 7.66. The van der Waals surface area contributed by atoms with Crippen molar-refractivity contribution in [3.05, 3.63) is 30.1 Å². The van der Waals surface area contributed by atoms with Crippen LogP contribution in [0.2, 0.25) is 0 Å². The fourth-order valence-corrected chi connectivity index (χ4v) is 4.02. The average molecular weight is 374 g/mol. The molecule has 3 amide bonds. The van der Waals surface area contributed by atoms with Gasteiger partial charge in [-0.2, -0.15) is 0 Å². The largest absolute Gasteiger partial charge is 0.359 e. The number of hydrogen-bond donors (Lipinski definition) is 2. The van der Waals surface area contributed by atoms with Crippen molar-refractivity contribution < 1.29 is 9.59 Å². The Morgan fingerprint density at radius 3 is 2.59 bits per heavy atom. The summed E-state index contributed by atoms with van der Waals surface area (Å²) in [5.74, 6) is 0.488. The SMILES string of the molecule is CNC(=O)C1CCCN(C(=O)NCC2CCN(Cc3ccncc3)CC2)C1. The Morgan fingerprint density at radius 1 is 1.15 bits per heavy atom. The Bertz CT molecular complexity index is 616. The van der Waals surface area contributed by atoms with E-state index >= 15 is 0 Å². The number of carbonyl (C=O) groups is 2. The summed E-state index contributed by atoms with van der Waals surface area (Å²) in [6.07, 6.45) is 7.64. The van der Waals surface area contributed by atoms with Crippen molar-refractivity contribution in [2.75, 3.05) is 39.8 Å². The topological polar surface area (TPSA) is 77.6 Å². The molecule has 0 aliphatic carbocycles. The van der Waals surface area contributed by atoms with E-state index in [4.69, 9.17) is 0 Å². The quantitative estimate of drug-likeness (QED) is 0.819. The molecule has 2 fully saturated rings. The lowest BCUT2D eigenvalue weighted by Gasteiger charge is -2.34. The van der Waals surface area contributed by atoms with Crippen LogP contribution in [0.4, 0.5) is 4.79 Å². The number of nitrogens with zero attached hydrogens (tertiary/aromatic N) is 3. The third kappa shape index (κ3) is 5.66. The Balaban J connectivity index is 1.37. The number of pyridine rings is 1. The van der Waals surface area contributed by atoms with E-state index in [-0.39, 0.29) is 17.9 Å². The summed E-state index contributed by atoms with van der Waals surface area (Å²) in [4.78, 5) is 32.6. The van der Waals surface area contributed by atoms with Crippen LogP contribution in [0.1, 0.15) is 31.2 Å². The first-order valence-corrected chi connectivity index (χ1v) is 10.0. The summed E-state index contributed by atoms with van der Waals surface area (Å²) in [7, 11) is 1.66. The van der Waals surface area contributed by atoms with Crippen molar-refractivity contribution in [3.63, 3.8) is 0 Å². The molecule has 7 nitrogen and oxygen atoms in total. The summed E-state index contributed by atoms with van der Waals surface area (Å²) < 4.78 is 0. The molecule has 1 aromatic heterocycles. The van der Waals surface area contributed by atoms with Gasteiger partial charge in [-0.05, 0) is 62.4 Å². The lowest BCUT2D eigenvalue weighted by Crippen LogP contribution is -2.49. The van der Waals surface area contributed by atoms with Gasteiger partial charge in [0.15, 0.2) is 0 Å². The van der Waals surface area contributed by atoms with Gasteiger partial charge < -0.3 is 15.5 Å². The number of piperidine rings is 2. The van der Waals surface area contributed by atoms with Crippen molar-refractivity contribution in [2.45, 2.75) is 32.2 Å². The second kappa shape index (κ2) is 9.69. The van der Waals surface area contributed by atoms with Crippen LogP contribution in [0, 0.1) is 11.8 Å². The van der Waals surface area contributed by atoms with Gasteiger partial charge >= 0.3 is 6.03 Å². The van der Waals surface area contributed by atoms with Gasteiger partial charge in [-0.25, -0.2) is 4.79 Å². The van der Waals surface area contributed by atoms with E-state index in [1.165, 1.54) is 5.56 Å². The minimum absolute atomic E-state index is 0.0252. The zero-order valence-corrected chi connectivity index (χ0v) is 16.2. The molecular weight excluding hydrogens is 342 g/mol. The maximum Gasteiger partial charge on any atom is 0.317 e. The maximum atomic E-state index is 12.5. The number of hydrogen-bond acceptors (Lipinski definition) is 4. The zero-order chi connectivity index (χ0) is 19.1. The van der Waals surface area contributed by atoms with Gasteiger partial charge in [0.05, 0.1) is 5.92 Å². The lowest BCUT2D eigenvalue weighted by molar-refractivity contribution is -0.125. The number of likely N-dealkylation sites (tertiary alicyclic amines) is 2. The monoisotopic (exact) mass is 373 g/mol. The normalized spacial score (nSPS) is 21.7. The molecule has 27 heavy (non-hydrogen) atoms. The summed E-state index contributed by atoms with van der Waals surface area (Å²) in [5, 5.41) is 5.79. The van der Waals surface area contributed by atoms with E-state index in [0.717, 1.165) is 58.4 Å². The molecule has 0 saturated carbocycles. The summed E-state index contributed by atoms with van der Waals surface area (Å²) in [5.41, 5.74) is 1.30. The Hall–Kier alpha value is -2.15. The average Bonchev–Trinajstić information content (AvgIpc) is 2.73. The number of carbonyl (C=O) groups excluding carboxylic acids is 2. The predicted octanol–water partition coefficient (Wildman–Crippen LogP) is 1.46. The van der Waals surface area contributed by atoms with Crippen molar-refractivity contribution >= 4 is 11.9 Å². The molecule has 3 rings (SSSR count). The third-order valence-electron chi connectivity index (χ3n) is 5.73. The molecule has 7 heteroatoms.